The lowest BCUT2D eigenvalue weighted by Gasteiger charge is -2.36. The van der Waals surface area contributed by atoms with Gasteiger partial charge in [0.1, 0.15) is 11.9 Å². The molecule has 132 valence electrons. The Labute approximate surface area is 149 Å². The largest absolute Gasteiger partial charge is 0.489 e. The Morgan fingerprint density at radius 1 is 1.17 bits per heavy atom. The first kappa shape index (κ1) is 17.6. The number of carbonyl (C=O) groups is 1. The van der Waals surface area contributed by atoms with E-state index in [2.05, 4.69) is 4.90 Å². The molecule has 24 heavy (non-hydrogen) atoms. The maximum absolute atomic E-state index is 12.4. The Kier molecular flexibility index (Phi) is 5.67. The van der Waals surface area contributed by atoms with Crippen LogP contribution in [0.4, 0.5) is 0 Å². The number of piperidine rings is 1. The van der Waals surface area contributed by atoms with Gasteiger partial charge >= 0.3 is 0 Å². The van der Waals surface area contributed by atoms with Gasteiger partial charge in [-0.25, -0.2) is 0 Å². The molecule has 2 fully saturated rings. The molecule has 1 aliphatic heterocycles. The number of rotatable bonds is 4. The van der Waals surface area contributed by atoms with Crippen molar-refractivity contribution < 1.29 is 9.53 Å². The molecular weight excluding hydrogens is 324 g/mol. The maximum atomic E-state index is 12.4. The molecule has 2 aliphatic rings. The molecule has 5 heteroatoms. The Morgan fingerprint density at radius 2 is 1.83 bits per heavy atom. The quantitative estimate of drug-likeness (QED) is 0.827. The minimum absolute atomic E-state index is 0.0732. The summed E-state index contributed by atoms with van der Waals surface area (Å²) in [4.78, 5) is 16.5. The van der Waals surface area contributed by atoms with Gasteiger partial charge in [0, 0.05) is 38.2 Å². The number of hydrogen-bond acceptors (Lipinski definition) is 3. The number of amides is 1. The topological polar surface area (TPSA) is 32.8 Å². The van der Waals surface area contributed by atoms with E-state index in [9.17, 15) is 4.79 Å². The van der Waals surface area contributed by atoms with Crippen LogP contribution < -0.4 is 4.74 Å². The van der Waals surface area contributed by atoms with E-state index < -0.39 is 0 Å². The summed E-state index contributed by atoms with van der Waals surface area (Å²) < 4.78 is 6.19. The highest BCUT2D eigenvalue weighted by Crippen LogP contribution is 2.29. The number of ether oxygens (including phenoxy) is 1. The fraction of sp³-hybridized carbons (Fsp3) is 0.632. The summed E-state index contributed by atoms with van der Waals surface area (Å²) in [7, 11) is 3.49. The van der Waals surface area contributed by atoms with Crippen LogP contribution >= 0.6 is 11.6 Å². The summed E-state index contributed by atoms with van der Waals surface area (Å²) in [5.41, 5.74) is 0.547. The molecule has 4 nitrogen and oxygen atoms in total. The number of nitrogens with zero attached hydrogens (tertiary/aromatic N) is 2. The first-order chi connectivity index (χ1) is 11.5. The van der Waals surface area contributed by atoms with Crippen molar-refractivity contribution in [3.8, 4) is 5.75 Å². The van der Waals surface area contributed by atoms with Crippen LogP contribution in [0.15, 0.2) is 18.2 Å². The monoisotopic (exact) mass is 350 g/mol. The van der Waals surface area contributed by atoms with E-state index in [0.29, 0.717) is 16.3 Å². The summed E-state index contributed by atoms with van der Waals surface area (Å²) in [5.74, 6) is 0.577. The molecule has 0 aromatic heterocycles. The fourth-order valence-electron chi connectivity index (χ4n) is 3.82. The molecular formula is C19H27ClN2O2. The van der Waals surface area contributed by atoms with Crippen molar-refractivity contribution in [2.75, 3.05) is 27.2 Å². The van der Waals surface area contributed by atoms with Crippen LogP contribution in [0.25, 0.3) is 0 Å². The van der Waals surface area contributed by atoms with Gasteiger partial charge in [0.15, 0.2) is 0 Å². The molecule has 0 radical (unpaired) electrons. The second-order valence-corrected chi connectivity index (χ2v) is 7.57. The van der Waals surface area contributed by atoms with Gasteiger partial charge in [0.2, 0.25) is 0 Å². The molecule has 0 unspecified atom stereocenters. The second kappa shape index (κ2) is 7.75. The van der Waals surface area contributed by atoms with Crippen LogP contribution in [0.3, 0.4) is 0 Å². The van der Waals surface area contributed by atoms with Crippen LogP contribution in [-0.2, 0) is 0 Å². The van der Waals surface area contributed by atoms with E-state index in [0.717, 1.165) is 32.0 Å². The van der Waals surface area contributed by atoms with Crippen LogP contribution in [-0.4, -0.2) is 55.0 Å². The van der Waals surface area contributed by atoms with E-state index in [1.165, 1.54) is 25.7 Å². The maximum Gasteiger partial charge on any atom is 0.257 e. The summed E-state index contributed by atoms with van der Waals surface area (Å²) >= 11 is 6.07. The van der Waals surface area contributed by atoms with Gasteiger partial charge in [0.05, 0.1) is 5.56 Å². The molecule has 0 spiro atoms. The summed E-state index contributed by atoms with van der Waals surface area (Å²) in [6.45, 7) is 2.19. The predicted octanol–water partition coefficient (Wildman–Crippen LogP) is 3.83. The number of benzene rings is 1. The zero-order valence-electron chi connectivity index (χ0n) is 14.6. The fourth-order valence-corrected chi connectivity index (χ4v) is 3.99. The van der Waals surface area contributed by atoms with E-state index in [4.69, 9.17) is 16.3 Å². The van der Waals surface area contributed by atoms with E-state index >= 15 is 0 Å². The standard InChI is InChI=1S/C19H27ClN2O2/c1-21(2)19(23)17-13-14(20)7-8-18(17)24-16-9-11-22(12-10-16)15-5-3-4-6-15/h7-8,13,15-16H,3-6,9-12H2,1-2H3. The van der Waals surface area contributed by atoms with Crippen LogP contribution in [0.5, 0.6) is 5.75 Å². The normalized spacial score (nSPS) is 20.3. The van der Waals surface area contributed by atoms with Crippen molar-refractivity contribution in [3.63, 3.8) is 0 Å². The number of carbonyl (C=O) groups excluding carboxylic acids is 1. The average molecular weight is 351 g/mol. The molecule has 0 atom stereocenters. The van der Waals surface area contributed by atoms with Crippen molar-refractivity contribution in [1.29, 1.82) is 0 Å². The lowest BCUT2D eigenvalue weighted by atomic mass is 10.0. The first-order valence-corrected chi connectivity index (χ1v) is 9.34. The molecule has 1 saturated carbocycles. The van der Waals surface area contributed by atoms with Gasteiger partial charge in [-0.3, -0.25) is 4.79 Å². The zero-order chi connectivity index (χ0) is 17.1. The molecule has 0 N–H and O–H groups in total. The third-order valence-electron chi connectivity index (χ3n) is 5.19. The third kappa shape index (κ3) is 4.04. The molecule has 0 bridgehead atoms. The van der Waals surface area contributed by atoms with Gasteiger partial charge in [-0.2, -0.15) is 0 Å². The molecule has 3 rings (SSSR count). The highest BCUT2D eigenvalue weighted by Gasteiger charge is 2.28. The number of hydrogen-bond donors (Lipinski definition) is 0. The molecule has 1 aromatic rings. The summed E-state index contributed by atoms with van der Waals surface area (Å²) in [6.07, 6.45) is 7.68. The van der Waals surface area contributed by atoms with Gasteiger partial charge in [-0.1, -0.05) is 24.4 Å². The van der Waals surface area contributed by atoms with E-state index in [1.54, 1.807) is 31.1 Å². The van der Waals surface area contributed by atoms with Crippen LogP contribution in [0.2, 0.25) is 5.02 Å². The smallest absolute Gasteiger partial charge is 0.257 e. The van der Waals surface area contributed by atoms with Gasteiger partial charge in [-0.15, -0.1) is 0 Å². The van der Waals surface area contributed by atoms with Gasteiger partial charge in [0.25, 0.3) is 5.91 Å². The Balaban J connectivity index is 1.63. The summed E-state index contributed by atoms with van der Waals surface area (Å²) in [5, 5.41) is 0.559. The third-order valence-corrected chi connectivity index (χ3v) is 5.42. The number of halogens is 1. The van der Waals surface area contributed by atoms with Crippen molar-refractivity contribution >= 4 is 17.5 Å². The first-order valence-electron chi connectivity index (χ1n) is 8.96. The predicted molar refractivity (Wildman–Crippen MR) is 96.9 cm³/mol. The van der Waals surface area contributed by atoms with Crippen molar-refractivity contribution in [2.45, 2.75) is 50.7 Å². The lowest BCUT2D eigenvalue weighted by Crippen LogP contribution is -2.43. The van der Waals surface area contributed by atoms with Gasteiger partial charge < -0.3 is 14.5 Å². The van der Waals surface area contributed by atoms with Crippen molar-refractivity contribution in [2.24, 2.45) is 0 Å². The average Bonchev–Trinajstić information content (AvgIpc) is 3.11. The molecule has 1 amide bonds. The molecule has 1 aliphatic carbocycles. The minimum atomic E-state index is -0.0732. The Bertz CT molecular complexity index is 577. The van der Waals surface area contributed by atoms with Gasteiger partial charge in [-0.05, 0) is 43.9 Å². The van der Waals surface area contributed by atoms with Crippen LogP contribution in [0, 0.1) is 0 Å². The second-order valence-electron chi connectivity index (χ2n) is 7.13. The number of likely N-dealkylation sites (tertiary alicyclic amines) is 1. The minimum Gasteiger partial charge on any atom is -0.489 e. The molecule has 1 heterocycles. The molecule has 1 aromatic carbocycles. The van der Waals surface area contributed by atoms with Crippen molar-refractivity contribution in [3.05, 3.63) is 28.8 Å². The van der Waals surface area contributed by atoms with E-state index in [1.807, 2.05) is 6.07 Å². The lowest BCUT2D eigenvalue weighted by molar-refractivity contribution is 0.0726. The van der Waals surface area contributed by atoms with Crippen LogP contribution in [0.1, 0.15) is 48.9 Å². The molecule has 1 saturated heterocycles. The highest BCUT2D eigenvalue weighted by atomic mass is 35.5. The van der Waals surface area contributed by atoms with Crippen molar-refractivity contribution in [1.82, 2.24) is 9.80 Å². The SMILES string of the molecule is CN(C)C(=O)c1cc(Cl)ccc1OC1CCN(C2CCCC2)CC1. The van der Waals surface area contributed by atoms with E-state index in [-0.39, 0.29) is 12.0 Å². The Morgan fingerprint density at radius 3 is 2.46 bits per heavy atom. The summed E-state index contributed by atoms with van der Waals surface area (Å²) in [6, 6.07) is 6.10. The highest BCUT2D eigenvalue weighted by molar-refractivity contribution is 6.31. The Hall–Kier alpha value is -1.26. The zero-order valence-corrected chi connectivity index (χ0v) is 15.4.